The minimum absolute atomic E-state index is 0.0364. The normalized spacial score (nSPS) is 11.1. The van der Waals surface area contributed by atoms with Gasteiger partial charge in [-0.3, -0.25) is 9.89 Å². The highest BCUT2D eigenvalue weighted by Crippen LogP contribution is 2.10. The van der Waals surface area contributed by atoms with Crippen molar-refractivity contribution in [3.63, 3.8) is 0 Å². The molecule has 0 bridgehead atoms. The molecule has 2 aromatic rings. The van der Waals surface area contributed by atoms with Crippen molar-refractivity contribution in [3.8, 4) is 0 Å². The molecule has 3 heteroatoms. The summed E-state index contributed by atoms with van der Waals surface area (Å²) in [6.07, 6.45) is 0. The van der Waals surface area contributed by atoms with Crippen molar-refractivity contribution in [2.24, 2.45) is 0 Å². The first-order valence-electron chi connectivity index (χ1n) is 4.67. The number of aromatic nitrogens is 2. The van der Waals surface area contributed by atoms with Crippen LogP contribution in [0.25, 0.3) is 10.9 Å². The standard InChI is InChI=1S/C11H12N2O/c1-7(2)10-11(14)8-5-3-4-6-9(8)12-13-10/h3-7H,1-2H3,(H,12,14). The SMILES string of the molecule is CC(C)c1n[nH]c2ccccc2c1=O. The number of fused-ring (bicyclic) bond motifs is 1. The van der Waals surface area contributed by atoms with Crippen LogP contribution in [0, 0.1) is 0 Å². The number of hydrogen-bond acceptors (Lipinski definition) is 2. The Labute approximate surface area is 81.8 Å². The van der Waals surface area contributed by atoms with Crippen molar-refractivity contribution in [1.29, 1.82) is 0 Å². The van der Waals surface area contributed by atoms with Crippen LogP contribution in [0.4, 0.5) is 0 Å². The van der Waals surface area contributed by atoms with E-state index in [1.165, 1.54) is 0 Å². The molecule has 1 heterocycles. The van der Waals surface area contributed by atoms with Gasteiger partial charge in [0.25, 0.3) is 0 Å². The summed E-state index contributed by atoms with van der Waals surface area (Å²) in [4.78, 5) is 11.9. The summed E-state index contributed by atoms with van der Waals surface area (Å²) >= 11 is 0. The Morgan fingerprint density at radius 3 is 2.71 bits per heavy atom. The van der Waals surface area contributed by atoms with E-state index in [0.717, 1.165) is 5.52 Å². The summed E-state index contributed by atoms with van der Waals surface area (Å²) in [6.45, 7) is 3.93. The van der Waals surface area contributed by atoms with Crippen molar-refractivity contribution >= 4 is 10.9 Å². The van der Waals surface area contributed by atoms with Crippen LogP contribution in [0.2, 0.25) is 0 Å². The van der Waals surface area contributed by atoms with Gasteiger partial charge >= 0.3 is 0 Å². The number of H-pyrrole nitrogens is 1. The third-order valence-electron chi connectivity index (χ3n) is 2.25. The van der Waals surface area contributed by atoms with E-state index < -0.39 is 0 Å². The highest BCUT2D eigenvalue weighted by Gasteiger charge is 2.08. The molecule has 72 valence electrons. The number of nitrogens with zero attached hydrogens (tertiary/aromatic N) is 1. The van der Waals surface area contributed by atoms with Gasteiger partial charge < -0.3 is 0 Å². The van der Waals surface area contributed by atoms with Gasteiger partial charge in [0.1, 0.15) is 5.69 Å². The molecule has 0 aliphatic rings. The highest BCUT2D eigenvalue weighted by atomic mass is 16.1. The first-order chi connectivity index (χ1) is 6.70. The molecule has 0 aliphatic carbocycles. The van der Waals surface area contributed by atoms with Crippen LogP contribution in [-0.4, -0.2) is 10.2 Å². The third kappa shape index (κ3) is 1.31. The zero-order valence-corrected chi connectivity index (χ0v) is 8.24. The van der Waals surface area contributed by atoms with E-state index in [4.69, 9.17) is 0 Å². The number of hydrogen-bond donors (Lipinski definition) is 1. The van der Waals surface area contributed by atoms with Crippen LogP contribution in [0.5, 0.6) is 0 Å². The molecule has 1 aromatic carbocycles. The lowest BCUT2D eigenvalue weighted by molar-refractivity contribution is 0.785. The molecule has 0 aliphatic heterocycles. The summed E-state index contributed by atoms with van der Waals surface area (Å²) in [6, 6.07) is 7.42. The van der Waals surface area contributed by atoms with Crippen LogP contribution in [0.1, 0.15) is 25.5 Å². The molecule has 1 N–H and O–H groups in total. The second-order valence-corrected chi connectivity index (χ2v) is 3.64. The Morgan fingerprint density at radius 2 is 2.00 bits per heavy atom. The summed E-state index contributed by atoms with van der Waals surface area (Å²) in [5, 5.41) is 7.67. The fourth-order valence-corrected chi connectivity index (χ4v) is 1.48. The minimum atomic E-state index is 0.0364. The molecule has 0 saturated heterocycles. The lowest BCUT2D eigenvalue weighted by Crippen LogP contribution is -2.14. The Hall–Kier alpha value is -1.64. The summed E-state index contributed by atoms with van der Waals surface area (Å²) in [5.41, 5.74) is 1.43. The molecule has 0 amide bonds. The lowest BCUT2D eigenvalue weighted by Gasteiger charge is -2.03. The monoisotopic (exact) mass is 188 g/mol. The van der Waals surface area contributed by atoms with Gasteiger partial charge in [-0.2, -0.15) is 5.10 Å². The number of para-hydroxylation sites is 1. The van der Waals surface area contributed by atoms with Gasteiger partial charge in [-0.05, 0) is 12.1 Å². The van der Waals surface area contributed by atoms with Gasteiger partial charge in [0.05, 0.1) is 5.52 Å². The first-order valence-corrected chi connectivity index (χ1v) is 4.67. The van der Waals surface area contributed by atoms with Crippen LogP contribution < -0.4 is 5.43 Å². The maximum absolute atomic E-state index is 11.9. The van der Waals surface area contributed by atoms with Gasteiger partial charge in [0.2, 0.25) is 5.43 Å². The molecule has 0 saturated carbocycles. The van der Waals surface area contributed by atoms with Crippen LogP contribution >= 0.6 is 0 Å². The molecule has 0 radical (unpaired) electrons. The average Bonchev–Trinajstić information content (AvgIpc) is 2.18. The van der Waals surface area contributed by atoms with Crippen LogP contribution in [0.3, 0.4) is 0 Å². The van der Waals surface area contributed by atoms with Gasteiger partial charge in [-0.25, -0.2) is 0 Å². The largest absolute Gasteiger partial charge is 0.287 e. The molecular formula is C11H12N2O. The van der Waals surface area contributed by atoms with Crippen LogP contribution in [0.15, 0.2) is 29.1 Å². The molecule has 2 rings (SSSR count). The van der Waals surface area contributed by atoms with Gasteiger partial charge in [0, 0.05) is 11.3 Å². The Balaban J connectivity index is 2.82. The molecule has 0 spiro atoms. The Bertz CT molecular complexity index is 514. The maximum atomic E-state index is 11.9. The van der Waals surface area contributed by atoms with Gasteiger partial charge in [-0.15, -0.1) is 0 Å². The van der Waals surface area contributed by atoms with E-state index in [1.807, 2.05) is 38.1 Å². The van der Waals surface area contributed by atoms with Crippen molar-refractivity contribution in [1.82, 2.24) is 10.2 Å². The number of nitrogens with one attached hydrogen (secondary N) is 1. The van der Waals surface area contributed by atoms with Gasteiger partial charge in [-0.1, -0.05) is 26.0 Å². The average molecular weight is 188 g/mol. The zero-order valence-electron chi connectivity index (χ0n) is 8.24. The number of aromatic amines is 1. The molecule has 0 atom stereocenters. The number of benzene rings is 1. The summed E-state index contributed by atoms with van der Waals surface area (Å²) in [5.74, 6) is 0.156. The quantitative estimate of drug-likeness (QED) is 0.744. The third-order valence-corrected chi connectivity index (χ3v) is 2.25. The van der Waals surface area contributed by atoms with Crippen LogP contribution in [-0.2, 0) is 0 Å². The lowest BCUT2D eigenvalue weighted by atomic mass is 10.1. The predicted octanol–water partition coefficient (Wildman–Crippen LogP) is 2.05. The predicted molar refractivity (Wildman–Crippen MR) is 56.5 cm³/mol. The topological polar surface area (TPSA) is 45.8 Å². The van der Waals surface area contributed by atoms with E-state index >= 15 is 0 Å². The van der Waals surface area contributed by atoms with E-state index in [1.54, 1.807) is 0 Å². The molecular weight excluding hydrogens is 176 g/mol. The van der Waals surface area contributed by atoms with E-state index in [-0.39, 0.29) is 11.3 Å². The fourth-order valence-electron chi connectivity index (χ4n) is 1.48. The Kier molecular flexibility index (Phi) is 2.08. The van der Waals surface area contributed by atoms with Crippen molar-refractivity contribution in [3.05, 3.63) is 40.2 Å². The second-order valence-electron chi connectivity index (χ2n) is 3.64. The first kappa shape index (κ1) is 8.94. The maximum Gasteiger partial charge on any atom is 0.211 e. The summed E-state index contributed by atoms with van der Waals surface area (Å²) in [7, 11) is 0. The zero-order chi connectivity index (χ0) is 10.1. The molecule has 0 fully saturated rings. The minimum Gasteiger partial charge on any atom is -0.287 e. The summed E-state index contributed by atoms with van der Waals surface area (Å²) < 4.78 is 0. The van der Waals surface area contributed by atoms with Crippen molar-refractivity contribution in [2.45, 2.75) is 19.8 Å². The van der Waals surface area contributed by atoms with E-state index in [9.17, 15) is 4.79 Å². The van der Waals surface area contributed by atoms with E-state index in [0.29, 0.717) is 11.1 Å². The number of rotatable bonds is 1. The molecule has 0 unspecified atom stereocenters. The molecule has 14 heavy (non-hydrogen) atoms. The molecule has 3 nitrogen and oxygen atoms in total. The van der Waals surface area contributed by atoms with Crippen molar-refractivity contribution in [2.75, 3.05) is 0 Å². The van der Waals surface area contributed by atoms with E-state index in [2.05, 4.69) is 10.2 Å². The van der Waals surface area contributed by atoms with Crippen molar-refractivity contribution < 1.29 is 0 Å². The smallest absolute Gasteiger partial charge is 0.211 e. The second kappa shape index (κ2) is 3.25. The highest BCUT2D eigenvalue weighted by molar-refractivity contribution is 5.77. The van der Waals surface area contributed by atoms with Gasteiger partial charge in [0.15, 0.2) is 0 Å². The fraction of sp³-hybridized carbons (Fsp3) is 0.273. The molecule has 1 aromatic heterocycles. The Morgan fingerprint density at radius 1 is 1.29 bits per heavy atom.